The van der Waals surface area contributed by atoms with Crippen molar-refractivity contribution in [3.63, 3.8) is 0 Å². The second-order valence-electron chi connectivity index (χ2n) is 9.25. The van der Waals surface area contributed by atoms with Gasteiger partial charge in [0.1, 0.15) is 5.67 Å². The standard InChI is InChI=1S/C22H27FN6O/c1-21(23)11-16(24)22(13-21)5-9-29(10-6-22)20-27-15-12-26-18(14-3-7-25-8-4-14)17(15)19(30)28(20)2/h3-4,7-8,16H,5-6,9-13,24H2,1-2H3/t16-,21?/m1/s1. The number of halogens is 1. The minimum absolute atomic E-state index is 0.0859. The van der Waals surface area contributed by atoms with Crippen molar-refractivity contribution in [3.05, 3.63) is 51.7 Å². The first-order valence-electron chi connectivity index (χ1n) is 10.5. The summed E-state index contributed by atoms with van der Waals surface area (Å²) < 4.78 is 16.2. The van der Waals surface area contributed by atoms with Crippen LogP contribution in [0.1, 0.15) is 49.4 Å². The SMILES string of the molecule is Cn1c(N2CCC3(CC2)CC(C)(F)C[C@H]3N)nc2c(c1=O)C(c1ccncc1)=NC2. The average molecular weight is 410 g/mol. The number of rotatable bonds is 2. The van der Waals surface area contributed by atoms with E-state index in [-0.39, 0.29) is 17.0 Å². The maximum atomic E-state index is 14.6. The Bertz CT molecular complexity index is 1070. The van der Waals surface area contributed by atoms with Crippen LogP contribution in [0.3, 0.4) is 0 Å². The summed E-state index contributed by atoms with van der Waals surface area (Å²) in [6.45, 7) is 3.51. The molecule has 5 rings (SSSR count). The van der Waals surface area contributed by atoms with Crippen LogP contribution in [0.4, 0.5) is 10.3 Å². The highest BCUT2D eigenvalue weighted by Gasteiger charge is 2.52. The van der Waals surface area contributed by atoms with Gasteiger partial charge in [0.05, 0.1) is 23.5 Å². The average Bonchev–Trinajstić information content (AvgIpc) is 3.24. The maximum absolute atomic E-state index is 14.6. The molecule has 0 aromatic carbocycles. The molecule has 2 N–H and O–H groups in total. The van der Waals surface area contributed by atoms with Crippen LogP contribution in [-0.2, 0) is 13.6 Å². The molecule has 0 bridgehead atoms. The molecule has 3 aliphatic rings. The molecule has 2 aliphatic heterocycles. The Kier molecular flexibility index (Phi) is 4.32. The highest BCUT2D eigenvalue weighted by Crippen LogP contribution is 2.51. The lowest BCUT2D eigenvalue weighted by Gasteiger charge is -2.42. The van der Waals surface area contributed by atoms with Crippen LogP contribution in [0.5, 0.6) is 0 Å². The number of aliphatic imine (C=N–C) groups is 1. The van der Waals surface area contributed by atoms with E-state index < -0.39 is 5.67 Å². The summed E-state index contributed by atoms with van der Waals surface area (Å²) in [5, 5.41) is 0. The van der Waals surface area contributed by atoms with Crippen molar-refractivity contribution >= 4 is 11.7 Å². The molecule has 7 nitrogen and oxygen atoms in total. The fourth-order valence-electron chi connectivity index (χ4n) is 5.56. The highest BCUT2D eigenvalue weighted by atomic mass is 19.1. The van der Waals surface area contributed by atoms with E-state index in [9.17, 15) is 9.18 Å². The summed E-state index contributed by atoms with van der Waals surface area (Å²) in [4.78, 5) is 28.8. The van der Waals surface area contributed by atoms with Crippen LogP contribution in [0.25, 0.3) is 0 Å². The first-order chi connectivity index (χ1) is 14.3. The fourth-order valence-corrected chi connectivity index (χ4v) is 5.56. The van der Waals surface area contributed by atoms with Crippen molar-refractivity contribution in [3.8, 4) is 0 Å². The number of fused-ring (bicyclic) bond motifs is 1. The molecule has 1 spiro atoms. The molecule has 2 atom stereocenters. The van der Waals surface area contributed by atoms with Gasteiger partial charge in [-0.1, -0.05) is 0 Å². The first-order valence-corrected chi connectivity index (χ1v) is 10.5. The van der Waals surface area contributed by atoms with Crippen molar-refractivity contribution in [2.24, 2.45) is 23.2 Å². The molecule has 158 valence electrons. The number of anilines is 1. The Labute approximate surface area is 174 Å². The Morgan fingerprint density at radius 3 is 2.57 bits per heavy atom. The van der Waals surface area contributed by atoms with Gasteiger partial charge < -0.3 is 10.6 Å². The zero-order chi connectivity index (χ0) is 21.1. The number of nitrogens with zero attached hydrogens (tertiary/aromatic N) is 5. The molecular weight excluding hydrogens is 383 g/mol. The molecule has 0 radical (unpaired) electrons. The van der Waals surface area contributed by atoms with Gasteiger partial charge in [-0.25, -0.2) is 9.37 Å². The molecule has 1 saturated carbocycles. The number of alkyl halides is 1. The minimum atomic E-state index is -1.18. The summed E-state index contributed by atoms with van der Waals surface area (Å²) in [5.41, 5.74) is 7.79. The molecule has 2 aromatic rings. The van der Waals surface area contributed by atoms with Crippen molar-refractivity contribution in [2.75, 3.05) is 18.0 Å². The lowest BCUT2D eigenvalue weighted by Crippen LogP contribution is -2.48. The van der Waals surface area contributed by atoms with E-state index in [1.807, 2.05) is 12.1 Å². The van der Waals surface area contributed by atoms with Gasteiger partial charge in [-0.15, -0.1) is 0 Å². The molecule has 30 heavy (non-hydrogen) atoms. The number of hydrogen-bond donors (Lipinski definition) is 1. The van der Waals surface area contributed by atoms with E-state index in [0.717, 1.165) is 31.5 Å². The largest absolute Gasteiger partial charge is 0.342 e. The second-order valence-corrected chi connectivity index (χ2v) is 9.25. The zero-order valence-corrected chi connectivity index (χ0v) is 17.4. The lowest BCUT2D eigenvalue weighted by molar-refractivity contribution is 0.142. The van der Waals surface area contributed by atoms with Crippen LogP contribution >= 0.6 is 0 Å². The molecule has 1 aliphatic carbocycles. The van der Waals surface area contributed by atoms with Gasteiger partial charge in [-0.3, -0.25) is 19.3 Å². The van der Waals surface area contributed by atoms with Crippen LogP contribution in [0.2, 0.25) is 0 Å². The zero-order valence-electron chi connectivity index (χ0n) is 17.4. The van der Waals surface area contributed by atoms with E-state index in [1.165, 1.54) is 0 Å². The Morgan fingerprint density at radius 2 is 1.93 bits per heavy atom. The normalized spacial score (nSPS) is 27.4. The summed E-state index contributed by atoms with van der Waals surface area (Å²) >= 11 is 0. The molecule has 0 amide bonds. The van der Waals surface area contributed by atoms with Gasteiger partial charge in [0.25, 0.3) is 5.56 Å². The summed E-state index contributed by atoms with van der Waals surface area (Å²) in [5.74, 6) is 0.661. The highest BCUT2D eigenvalue weighted by molar-refractivity contribution is 6.14. The molecule has 4 heterocycles. The fraction of sp³-hybridized carbons (Fsp3) is 0.545. The Balaban J connectivity index is 1.42. The van der Waals surface area contributed by atoms with Gasteiger partial charge in [0.2, 0.25) is 5.95 Å². The van der Waals surface area contributed by atoms with E-state index >= 15 is 0 Å². The van der Waals surface area contributed by atoms with Gasteiger partial charge in [-0.05, 0) is 50.2 Å². The van der Waals surface area contributed by atoms with Crippen LogP contribution in [0.15, 0.2) is 34.3 Å². The van der Waals surface area contributed by atoms with E-state index in [0.29, 0.717) is 42.3 Å². The molecule has 1 saturated heterocycles. The lowest BCUT2D eigenvalue weighted by atomic mass is 9.74. The van der Waals surface area contributed by atoms with E-state index in [2.05, 4.69) is 14.9 Å². The number of hydrogen-bond acceptors (Lipinski definition) is 6. The summed E-state index contributed by atoms with van der Waals surface area (Å²) in [6.07, 6.45) is 5.98. The summed E-state index contributed by atoms with van der Waals surface area (Å²) in [7, 11) is 1.76. The van der Waals surface area contributed by atoms with Gasteiger partial charge in [-0.2, -0.15) is 0 Å². The Hall–Kier alpha value is -2.61. The van der Waals surface area contributed by atoms with Crippen LogP contribution < -0.4 is 16.2 Å². The monoisotopic (exact) mass is 410 g/mol. The van der Waals surface area contributed by atoms with Crippen LogP contribution in [-0.4, -0.2) is 45.0 Å². The third-order valence-corrected chi connectivity index (χ3v) is 7.11. The number of pyridine rings is 1. The van der Waals surface area contributed by atoms with Crippen LogP contribution in [0, 0.1) is 5.41 Å². The molecular formula is C22H27FN6O. The molecule has 1 unspecified atom stereocenters. The smallest absolute Gasteiger partial charge is 0.264 e. The van der Waals surface area contributed by atoms with Gasteiger partial charge in [0.15, 0.2) is 0 Å². The number of aromatic nitrogens is 3. The number of nitrogens with two attached hydrogens (primary N) is 1. The van der Waals surface area contributed by atoms with Crippen molar-refractivity contribution in [1.29, 1.82) is 0 Å². The number of piperidine rings is 1. The van der Waals surface area contributed by atoms with Gasteiger partial charge in [0, 0.05) is 44.1 Å². The topological polar surface area (TPSA) is 89.4 Å². The minimum Gasteiger partial charge on any atom is -0.342 e. The second kappa shape index (κ2) is 6.70. The quantitative estimate of drug-likeness (QED) is 0.818. The van der Waals surface area contributed by atoms with Crippen molar-refractivity contribution in [2.45, 2.75) is 50.9 Å². The van der Waals surface area contributed by atoms with Crippen molar-refractivity contribution in [1.82, 2.24) is 14.5 Å². The van der Waals surface area contributed by atoms with E-state index in [4.69, 9.17) is 10.7 Å². The third kappa shape index (κ3) is 2.96. The summed E-state index contributed by atoms with van der Waals surface area (Å²) in [6, 6.07) is 3.60. The molecule has 8 heteroatoms. The predicted octanol–water partition coefficient (Wildman–Crippen LogP) is 1.96. The molecule has 2 fully saturated rings. The van der Waals surface area contributed by atoms with Crippen molar-refractivity contribution < 1.29 is 4.39 Å². The Morgan fingerprint density at radius 1 is 1.23 bits per heavy atom. The van der Waals surface area contributed by atoms with Gasteiger partial charge >= 0.3 is 0 Å². The maximum Gasteiger partial charge on any atom is 0.264 e. The predicted molar refractivity (Wildman–Crippen MR) is 114 cm³/mol. The van der Waals surface area contributed by atoms with E-state index in [1.54, 1.807) is 30.9 Å². The molecule has 2 aromatic heterocycles. The first kappa shape index (κ1) is 19.4. The third-order valence-electron chi connectivity index (χ3n) is 7.11.